The molecule has 0 aliphatic carbocycles. The topological polar surface area (TPSA) is 58.4 Å². The Bertz CT molecular complexity index is 369. The highest BCUT2D eigenvalue weighted by molar-refractivity contribution is 5.94. The van der Waals surface area contributed by atoms with Gasteiger partial charge in [-0.15, -0.1) is 0 Å². The summed E-state index contributed by atoms with van der Waals surface area (Å²) in [4.78, 5) is 13.9. The van der Waals surface area contributed by atoms with Crippen LogP contribution in [-0.4, -0.2) is 42.1 Å². The molecule has 5 heteroatoms. The van der Waals surface area contributed by atoms with E-state index in [0.29, 0.717) is 11.3 Å². The van der Waals surface area contributed by atoms with Gasteiger partial charge in [-0.1, -0.05) is 5.16 Å². The molecule has 1 aromatic rings. The molecule has 88 valence electrons. The van der Waals surface area contributed by atoms with Crippen LogP contribution >= 0.6 is 0 Å². The van der Waals surface area contributed by atoms with E-state index in [1.807, 2.05) is 7.05 Å². The largest absolute Gasteiger partial charge is 0.361 e. The number of nitrogens with zero attached hydrogens (tertiary/aromatic N) is 2. The molecule has 1 aromatic heterocycles. The van der Waals surface area contributed by atoms with Crippen LogP contribution in [0.15, 0.2) is 10.7 Å². The summed E-state index contributed by atoms with van der Waals surface area (Å²) in [5, 5.41) is 6.93. The number of rotatable bonds is 2. The third-order valence-electron chi connectivity index (χ3n) is 3.12. The number of amides is 1. The van der Waals surface area contributed by atoms with Crippen LogP contribution in [0.2, 0.25) is 0 Å². The van der Waals surface area contributed by atoms with Gasteiger partial charge < -0.3 is 14.7 Å². The average Bonchev–Trinajstić information content (AvgIpc) is 2.75. The number of aryl methyl sites for hydroxylation is 1. The molecule has 5 nitrogen and oxygen atoms in total. The van der Waals surface area contributed by atoms with Crippen molar-refractivity contribution in [1.29, 1.82) is 0 Å². The normalized spacial score (nSPS) is 20.8. The number of nitrogens with one attached hydrogen (secondary N) is 1. The van der Waals surface area contributed by atoms with Crippen molar-refractivity contribution in [3.63, 3.8) is 0 Å². The van der Waals surface area contributed by atoms with Crippen LogP contribution < -0.4 is 5.32 Å². The molecule has 1 amide bonds. The van der Waals surface area contributed by atoms with Crippen LogP contribution in [0.4, 0.5) is 0 Å². The number of hydrogen-bond acceptors (Lipinski definition) is 4. The fourth-order valence-corrected chi connectivity index (χ4v) is 2.02. The Kier molecular flexibility index (Phi) is 3.24. The van der Waals surface area contributed by atoms with Gasteiger partial charge in [0.15, 0.2) is 0 Å². The number of piperidine rings is 1. The predicted molar refractivity (Wildman–Crippen MR) is 59.2 cm³/mol. The molecular weight excluding hydrogens is 206 g/mol. The molecule has 1 unspecified atom stereocenters. The summed E-state index contributed by atoms with van der Waals surface area (Å²) in [7, 11) is 1.84. The average molecular weight is 223 g/mol. The zero-order valence-corrected chi connectivity index (χ0v) is 9.69. The van der Waals surface area contributed by atoms with Gasteiger partial charge in [0, 0.05) is 19.6 Å². The molecule has 0 aromatic carbocycles. The Morgan fingerprint density at radius 2 is 2.50 bits per heavy atom. The van der Waals surface area contributed by atoms with E-state index in [1.165, 1.54) is 6.20 Å². The van der Waals surface area contributed by atoms with Gasteiger partial charge in [0.2, 0.25) is 0 Å². The zero-order valence-electron chi connectivity index (χ0n) is 9.69. The molecule has 0 bridgehead atoms. The van der Waals surface area contributed by atoms with Crippen molar-refractivity contribution in [3.8, 4) is 0 Å². The maximum absolute atomic E-state index is 12.1. The first-order valence-corrected chi connectivity index (χ1v) is 5.59. The molecule has 1 fully saturated rings. The van der Waals surface area contributed by atoms with Gasteiger partial charge in [-0.05, 0) is 26.3 Å². The van der Waals surface area contributed by atoms with Crippen LogP contribution in [0.3, 0.4) is 0 Å². The van der Waals surface area contributed by atoms with E-state index in [1.54, 1.807) is 11.8 Å². The van der Waals surface area contributed by atoms with Crippen molar-refractivity contribution in [1.82, 2.24) is 15.4 Å². The molecule has 2 heterocycles. The summed E-state index contributed by atoms with van der Waals surface area (Å²) in [5.41, 5.74) is 0.563. The summed E-state index contributed by atoms with van der Waals surface area (Å²) in [6.07, 6.45) is 3.66. The molecule has 1 aliphatic heterocycles. The Morgan fingerprint density at radius 1 is 1.69 bits per heavy atom. The van der Waals surface area contributed by atoms with Crippen LogP contribution in [0.1, 0.15) is 29.0 Å². The summed E-state index contributed by atoms with van der Waals surface area (Å²) < 4.78 is 4.91. The smallest absolute Gasteiger partial charge is 0.259 e. The standard InChI is InChI=1S/C11H17N3O2/c1-8-10(7-13-16-8)11(15)14(2)9-4-3-5-12-6-9/h7,9,12H,3-6H2,1-2H3. The molecular formula is C11H17N3O2. The van der Waals surface area contributed by atoms with Crippen LogP contribution in [0.25, 0.3) is 0 Å². The molecule has 1 N–H and O–H groups in total. The first kappa shape index (κ1) is 11.1. The highest BCUT2D eigenvalue weighted by Gasteiger charge is 2.25. The number of hydrogen-bond donors (Lipinski definition) is 1. The lowest BCUT2D eigenvalue weighted by molar-refractivity contribution is 0.0706. The van der Waals surface area contributed by atoms with Crippen molar-refractivity contribution in [2.24, 2.45) is 0 Å². The fourth-order valence-electron chi connectivity index (χ4n) is 2.02. The van der Waals surface area contributed by atoms with Gasteiger partial charge in [0.1, 0.15) is 11.3 Å². The van der Waals surface area contributed by atoms with Gasteiger partial charge in [0.05, 0.1) is 6.20 Å². The lowest BCUT2D eigenvalue weighted by atomic mass is 10.1. The Morgan fingerprint density at radius 3 is 3.06 bits per heavy atom. The predicted octanol–water partition coefficient (Wildman–Crippen LogP) is 0.807. The summed E-state index contributed by atoms with van der Waals surface area (Å²) >= 11 is 0. The lowest BCUT2D eigenvalue weighted by Gasteiger charge is -2.31. The van der Waals surface area contributed by atoms with E-state index in [9.17, 15) is 4.79 Å². The monoisotopic (exact) mass is 223 g/mol. The minimum Gasteiger partial charge on any atom is -0.361 e. The van der Waals surface area contributed by atoms with E-state index >= 15 is 0 Å². The van der Waals surface area contributed by atoms with Crippen LogP contribution in [-0.2, 0) is 0 Å². The molecule has 1 aliphatic rings. The second-order valence-corrected chi connectivity index (χ2v) is 4.21. The first-order valence-electron chi connectivity index (χ1n) is 5.59. The van der Waals surface area contributed by atoms with Crippen molar-refractivity contribution in [3.05, 3.63) is 17.5 Å². The van der Waals surface area contributed by atoms with Crippen molar-refractivity contribution < 1.29 is 9.32 Å². The molecule has 16 heavy (non-hydrogen) atoms. The van der Waals surface area contributed by atoms with E-state index < -0.39 is 0 Å². The second-order valence-electron chi connectivity index (χ2n) is 4.21. The van der Waals surface area contributed by atoms with E-state index in [2.05, 4.69) is 10.5 Å². The van der Waals surface area contributed by atoms with Gasteiger partial charge in [-0.25, -0.2) is 0 Å². The third kappa shape index (κ3) is 2.09. The Hall–Kier alpha value is -1.36. The Labute approximate surface area is 94.8 Å². The first-order chi connectivity index (χ1) is 7.70. The zero-order chi connectivity index (χ0) is 11.5. The van der Waals surface area contributed by atoms with Crippen molar-refractivity contribution in [2.45, 2.75) is 25.8 Å². The van der Waals surface area contributed by atoms with Gasteiger partial charge in [0.25, 0.3) is 5.91 Å². The minimum absolute atomic E-state index is 0.00699. The summed E-state index contributed by atoms with van der Waals surface area (Å²) in [6, 6.07) is 0.274. The molecule has 2 rings (SSSR count). The molecule has 0 saturated carbocycles. The SMILES string of the molecule is Cc1oncc1C(=O)N(C)C1CCCNC1. The summed E-state index contributed by atoms with van der Waals surface area (Å²) in [6.45, 7) is 3.67. The van der Waals surface area contributed by atoms with Gasteiger partial charge in [-0.2, -0.15) is 0 Å². The molecule has 0 radical (unpaired) electrons. The highest BCUT2D eigenvalue weighted by Crippen LogP contribution is 2.14. The second kappa shape index (κ2) is 4.65. The van der Waals surface area contributed by atoms with E-state index in [-0.39, 0.29) is 11.9 Å². The maximum Gasteiger partial charge on any atom is 0.259 e. The number of aromatic nitrogens is 1. The summed E-state index contributed by atoms with van der Waals surface area (Å²) in [5.74, 6) is 0.577. The van der Waals surface area contributed by atoms with E-state index in [4.69, 9.17) is 4.52 Å². The quantitative estimate of drug-likeness (QED) is 0.806. The Balaban J connectivity index is 2.06. The third-order valence-corrected chi connectivity index (χ3v) is 3.12. The van der Waals surface area contributed by atoms with Crippen LogP contribution in [0, 0.1) is 6.92 Å². The number of carbonyl (C=O) groups is 1. The molecule has 0 spiro atoms. The number of likely N-dealkylation sites (N-methyl/N-ethyl adjacent to an activating group) is 1. The molecule has 1 saturated heterocycles. The highest BCUT2D eigenvalue weighted by atomic mass is 16.5. The van der Waals surface area contributed by atoms with Crippen molar-refractivity contribution >= 4 is 5.91 Å². The molecule has 1 atom stereocenters. The lowest BCUT2D eigenvalue weighted by Crippen LogP contribution is -2.46. The van der Waals surface area contributed by atoms with E-state index in [0.717, 1.165) is 25.9 Å². The number of carbonyl (C=O) groups excluding carboxylic acids is 1. The van der Waals surface area contributed by atoms with Gasteiger partial charge >= 0.3 is 0 Å². The van der Waals surface area contributed by atoms with Crippen LogP contribution in [0.5, 0.6) is 0 Å². The van der Waals surface area contributed by atoms with Gasteiger partial charge in [-0.3, -0.25) is 4.79 Å². The van der Waals surface area contributed by atoms with Crippen molar-refractivity contribution in [2.75, 3.05) is 20.1 Å². The maximum atomic E-state index is 12.1. The fraction of sp³-hybridized carbons (Fsp3) is 0.636. The minimum atomic E-state index is -0.00699.